The average Bonchev–Trinajstić information content (AvgIpc) is 3.41. The van der Waals surface area contributed by atoms with Gasteiger partial charge in [-0.1, -0.05) is 284 Å². The summed E-state index contributed by atoms with van der Waals surface area (Å²) in [6.07, 6.45) is 81.8. The highest BCUT2D eigenvalue weighted by atomic mass is 31.2. The van der Waals surface area contributed by atoms with Crippen molar-refractivity contribution in [2.24, 2.45) is 5.73 Å². The molecule has 76 heavy (non-hydrogen) atoms. The van der Waals surface area contributed by atoms with Crippen LogP contribution in [-0.4, -0.2) is 49.3 Å². The number of phosphoric acid groups is 1. The van der Waals surface area contributed by atoms with Gasteiger partial charge in [0.15, 0.2) is 6.10 Å². The predicted octanol–water partition coefficient (Wildman–Crippen LogP) is 20.0. The quantitative estimate of drug-likeness (QED) is 0.0264. The maximum atomic E-state index is 12.7. The van der Waals surface area contributed by atoms with Gasteiger partial charge in [-0.25, -0.2) is 4.57 Å². The molecule has 0 radical (unpaired) electrons. The zero-order valence-corrected chi connectivity index (χ0v) is 49.9. The van der Waals surface area contributed by atoms with Gasteiger partial charge < -0.3 is 20.1 Å². The molecular weight excluding hydrogens is 966 g/mol. The van der Waals surface area contributed by atoms with Gasteiger partial charge in [0, 0.05) is 19.4 Å². The Labute approximate surface area is 467 Å². The molecule has 2 unspecified atom stereocenters. The second-order valence-electron chi connectivity index (χ2n) is 20.6. The number of hydrogen-bond acceptors (Lipinski definition) is 8. The molecule has 2 atom stereocenters. The molecule has 0 aromatic rings. The first-order chi connectivity index (χ1) is 37.3. The van der Waals surface area contributed by atoms with Gasteiger partial charge >= 0.3 is 19.8 Å². The van der Waals surface area contributed by atoms with Crippen molar-refractivity contribution in [3.05, 3.63) is 97.2 Å². The topological polar surface area (TPSA) is 134 Å². The van der Waals surface area contributed by atoms with Crippen molar-refractivity contribution < 1.29 is 37.6 Å². The lowest BCUT2D eigenvalue weighted by atomic mass is 10.0. The van der Waals surface area contributed by atoms with Crippen LogP contribution in [-0.2, 0) is 32.7 Å². The summed E-state index contributed by atoms with van der Waals surface area (Å²) in [6, 6.07) is 0. The van der Waals surface area contributed by atoms with E-state index in [1.54, 1.807) is 0 Å². The number of unbranched alkanes of at least 4 members (excludes halogenated alkanes) is 29. The molecular formula is C66H116NO8P. The van der Waals surface area contributed by atoms with E-state index in [4.69, 9.17) is 24.3 Å². The maximum absolute atomic E-state index is 12.7. The minimum atomic E-state index is -4.40. The number of carbonyl (C=O) groups is 2. The highest BCUT2D eigenvalue weighted by Gasteiger charge is 2.26. The van der Waals surface area contributed by atoms with Crippen LogP contribution in [0.25, 0.3) is 0 Å². The van der Waals surface area contributed by atoms with E-state index >= 15 is 0 Å². The zero-order chi connectivity index (χ0) is 55.2. The maximum Gasteiger partial charge on any atom is 0.472 e. The summed E-state index contributed by atoms with van der Waals surface area (Å²) >= 11 is 0. The van der Waals surface area contributed by atoms with E-state index in [2.05, 4.69) is 111 Å². The fraction of sp³-hybridized carbons (Fsp3) is 0.727. The molecule has 0 saturated heterocycles. The number of nitrogens with two attached hydrogens (primary N) is 1. The van der Waals surface area contributed by atoms with Crippen LogP contribution in [0, 0.1) is 0 Å². The van der Waals surface area contributed by atoms with Crippen LogP contribution in [0.5, 0.6) is 0 Å². The standard InChI is InChI=1S/C66H116NO8P/c1-3-5-7-9-11-13-15-17-19-21-23-25-27-28-29-30-31-32-33-34-35-36-37-39-41-43-45-47-49-51-53-55-57-59-66(69)75-64(63-74-76(70,71)73-61-60-67)62-72-65(68)58-56-54-52-50-48-46-44-42-40-38-26-24-22-20-18-16-14-12-10-8-6-4-2/h5,7,11,13,17,19,23,25,28-29,31-32,34-35,37,39,64H,3-4,6,8-10,12,14-16,18,20-22,24,26-27,30,33,36,38,40-63,67H2,1-2H3,(H,70,71)/b7-5-,13-11-,19-17-,25-23-,29-28-,32-31-,35-34-,39-37-. The second kappa shape index (κ2) is 61.1. The van der Waals surface area contributed by atoms with Crippen molar-refractivity contribution in [2.45, 2.75) is 283 Å². The molecule has 0 aliphatic carbocycles. The molecule has 3 N–H and O–H groups in total. The first kappa shape index (κ1) is 72.9. The first-order valence-corrected chi connectivity index (χ1v) is 32.7. The van der Waals surface area contributed by atoms with Crippen LogP contribution in [0.2, 0.25) is 0 Å². The van der Waals surface area contributed by atoms with Crippen molar-refractivity contribution in [1.29, 1.82) is 0 Å². The molecule has 0 aromatic heterocycles. The SMILES string of the molecule is CC/C=C\C/C=C\C/C=C\C/C=C\C/C=C\C/C=C\C/C=C\C/C=C\CCCCCCCCCCC(=O)OC(COC(=O)CCCCCCCCCCCCCCCCCCCCCCCC)COP(=O)(O)OCCN. The largest absolute Gasteiger partial charge is 0.472 e. The Hall–Kier alpha value is -3.07. The van der Waals surface area contributed by atoms with Gasteiger partial charge in [-0.3, -0.25) is 18.6 Å². The third-order valence-corrected chi connectivity index (χ3v) is 14.2. The molecule has 10 heteroatoms. The molecule has 0 saturated carbocycles. The van der Waals surface area contributed by atoms with Gasteiger partial charge in [0.1, 0.15) is 6.61 Å². The minimum Gasteiger partial charge on any atom is -0.462 e. The lowest BCUT2D eigenvalue weighted by Gasteiger charge is -2.19. The van der Waals surface area contributed by atoms with Crippen molar-refractivity contribution in [2.75, 3.05) is 26.4 Å². The number of ether oxygens (including phenoxy) is 2. The summed E-state index contributed by atoms with van der Waals surface area (Å²) in [5.41, 5.74) is 5.39. The number of esters is 2. The molecule has 0 bridgehead atoms. The van der Waals surface area contributed by atoms with Crippen LogP contribution >= 0.6 is 7.82 Å². The lowest BCUT2D eigenvalue weighted by molar-refractivity contribution is -0.161. The molecule has 0 amide bonds. The molecule has 0 fully saturated rings. The van der Waals surface area contributed by atoms with E-state index in [1.165, 1.54) is 148 Å². The lowest BCUT2D eigenvalue weighted by Crippen LogP contribution is -2.29. The summed E-state index contributed by atoms with van der Waals surface area (Å²) in [5.74, 6) is -0.831. The van der Waals surface area contributed by atoms with Gasteiger partial charge in [-0.2, -0.15) is 0 Å². The number of allylic oxidation sites excluding steroid dienone is 16. The average molecular weight is 1080 g/mol. The van der Waals surface area contributed by atoms with Crippen molar-refractivity contribution >= 4 is 19.8 Å². The van der Waals surface area contributed by atoms with Gasteiger partial charge in [-0.15, -0.1) is 0 Å². The number of rotatable bonds is 58. The highest BCUT2D eigenvalue weighted by Crippen LogP contribution is 2.43. The Balaban J connectivity index is 3.99. The van der Waals surface area contributed by atoms with E-state index in [0.29, 0.717) is 6.42 Å². The summed E-state index contributed by atoms with van der Waals surface area (Å²) in [6.45, 7) is 3.65. The highest BCUT2D eigenvalue weighted by molar-refractivity contribution is 7.47. The molecule has 438 valence electrons. The van der Waals surface area contributed by atoms with E-state index in [1.807, 2.05) is 0 Å². The van der Waals surface area contributed by atoms with Crippen molar-refractivity contribution in [3.63, 3.8) is 0 Å². The van der Waals surface area contributed by atoms with E-state index in [-0.39, 0.29) is 38.6 Å². The third kappa shape index (κ3) is 60.2. The molecule has 0 aliphatic heterocycles. The van der Waals surface area contributed by atoms with Crippen LogP contribution in [0.1, 0.15) is 277 Å². The number of carbonyl (C=O) groups excluding carboxylic acids is 2. The molecule has 0 heterocycles. The predicted molar refractivity (Wildman–Crippen MR) is 325 cm³/mol. The summed E-state index contributed by atoms with van der Waals surface area (Å²) in [4.78, 5) is 35.3. The molecule has 0 spiro atoms. The Morgan fingerprint density at radius 1 is 0.408 bits per heavy atom. The minimum absolute atomic E-state index is 0.0490. The van der Waals surface area contributed by atoms with Crippen LogP contribution in [0.3, 0.4) is 0 Å². The smallest absolute Gasteiger partial charge is 0.462 e. The van der Waals surface area contributed by atoms with Gasteiger partial charge in [0.2, 0.25) is 0 Å². The van der Waals surface area contributed by atoms with E-state index in [9.17, 15) is 19.0 Å². The summed E-state index contributed by atoms with van der Waals surface area (Å²) < 4.78 is 33.1. The number of phosphoric ester groups is 1. The number of hydrogen-bond donors (Lipinski definition) is 2. The van der Waals surface area contributed by atoms with Crippen molar-refractivity contribution in [3.8, 4) is 0 Å². The normalized spacial score (nSPS) is 13.7. The fourth-order valence-corrected chi connectivity index (χ4v) is 9.42. The Morgan fingerprint density at radius 2 is 0.724 bits per heavy atom. The van der Waals surface area contributed by atoms with Crippen LogP contribution in [0.4, 0.5) is 0 Å². The Morgan fingerprint density at radius 3 is 1.08 bits per heavy atom. The van der Waals surface area contributed by atoms with Gasteiger partial charge in [0.05, 0.1) is 13.2 Å². The van der Waals surface area contributed by atoms with Crippen molar-refractivity contribution in [1.82, 2.24) is 0 Å². The Kier molecular flexibility index (Phi) is 58.7. The van der Waals surface area contributed by atoms with Gasteiger partial charge in [-0.05, 0) is 77.0 Å². The van der Waals surface area contributed by atoms with E-state index < -0.39 is 26.5 Å². The molecule has 0 rings (SSSR count). The summed E-state index contributed by atoms with van der Waals surface area (Å²) in [5, 5.41) is 0. The summed E-state index contributed by atoms with van der Waals surface area (Å²) in [7, 11) is -4.40. The van der Waals surface area contributed by atoms with Crippen LogP contribution in [0.15, 0.2) is 97.2 Å². The third-order valence-electron chi connectivity index (χ3n) is 13.2. The zero-order valence-electron chi connectivity index (χ0n) is 49.0. The Bertz CT molecular complexity index is 1560. The van der Waals surface area contributed by atoms with Crippen LogP contribution < -0.4 is 5.73 Å². The molecule has 0 aliphatic rings. The fourth-order valence-electron chi connectivity index (χ4n) is 8.65. The molecule has 0 aromatic carbocycles. The second-order valence-corrected chi connectivity index (χ2v) is 22.0. The van der Waals surface area contributed by atoms with E-state index in [0.717, 1.165) is 96.3 Å². The first-order valence-electron chi connectivity index (χ1n) is 31.2. The monoisotopic (exact) mass is 1080 g/mol. The molecule has 9 nitrogen and oxygen atoms in total. The van der Waals surface area contributed by atoms with Gasteiger partial charge in [0.25, 0.3) is 0 Å².